The van der Waals surface area contributed by atoms with Gasteiger partial charge in [0.25, 0.3) is 11.8 Å². The van der Waals surface area contributed by atoms with Crippen LogP contribution in [0.25, 0.3) is 0 Å². The van der Waals surface area contributed by atoms with Crippen LogP contribution in [0.15, 0.2) is 79.0 Å². The van der Waals surface area contributed by atoms with Crippen LogP contribution in [-0.4, -0.2) is 137 Å². The number of ether oxygens (including phenoxy) is 2. The number of carbonyl (C=O) groups excluding carboxylic acids is 6. The molecule has 12 rings (SSSR count). The molecule has 30 heteroatoms. The molecule has 3 fully saturated rings. The minimum absolute atomic E-state index is 0. The number of fused-ring (bicyclic) bond motifs is 3. The van der Waals surface area contributed by atoms with E-state index in [1.165, 1.54) is 40.8 Å². The Morgan fingerprint density at radius 1 is 0.484 bits per heavy atom. The third-order valence-corrected chi connectivity index (χ3v) is 16.7. The average Bonchev–Trinajstić information content (AvgIpc) is 1.71. The number of carbonyl (C=O) groups is 4. The fourth-order valence-corrected chi connectivity index (χ4v) is 12.3. The lowest BCUT2D eigenvalue weighted by Crippen LogP contribution is -2.39. The van der Waals surface area contributed by atoms with Crippen molar-refractivity contribution in [2.45, 2.75) is 167 Å². The van der Waals surface area contributed by atoms with Gasteiger partial charge in [-0.1, -0.05) is 54.6 Å². The number of amides is 4. The zero-order valence-electron chi connectivity index (χ0n) is 53.4. The molecule has 5 N–H and O–H groups in total. The van der Waals surface area contributed by atoms with Crippen LogP contribution in [0.1, 0.15) is 186 Å². The fraction of sp³-hybridized carbons (Fsp3) is 0.508. The normalized spacial score (nSPS) is 16.9. The van der Waals surface area contributed by atoms with Crippen molar-refractivity contribution in [2.75, 3.05) is 45.8 Å². The quantitative estimate of drug-likeness (QED) is 0.101. The monoisotopic (exact) mass is 1360 g/mol. The van der Waals surface area contributed by atoms with Crippen LogP contribution in [0.2, 0.25) is 0 Å². The summed E-state index contributed by atoms with van der Waals surface area (Å²) in [7, 11) is 0. The number of rotatable bonds is 5. The third-order valence-electron chi connectivity index (χ3n) is 16.7. The van der Waals surface area contributed by atoms with E-state index >= 15 is 0 Å². The maximum absolute atomic E-state index is 13.4. The van der Waals surface area contributed by atoms with E-state index < -0.39 is 52.5 Å². The summed E-state index contributed by atoms with van der Waals surface area (Å²) >= 11 is 0. The Labute approximate surface area is 549 Å². The molecule has 0 bridgehead atoms. The molecular formula is C65H78ClF9N12O8. The molecule has 6 aliphatic rings. The standard InChI is InChI=1S/C23H27F3N4O3.C18H19F3N4O.C12H14F3N.C11H17N3O2.CO2.ClH/c1-22(2,3)33-21(32)30-12-16-18(13-30)27-28-19(16)20(31)29-10-8-14(9-11-29)15-6-4-5-7-17(15)23(24,25)26;19-18(20,21)14-4-2-1-3-12(14)11-5-7-25(8-6-11)17(26)16-13-9-22-10-15(13)23-24-16;13-12(14,15)11-4-2-1-3-10(11)9-5-7-16-8-6-9;1-11(2,3)16-10(15)14-5-4-8-6-12-13-9(8)7-14;2-1-3;/h4-7,14H,8-13H2,1-3H3,(H,27,28);1-4,11,22H,5-10H2,(H,23,24);1-4,9,16H,5-8H2;6H,4-5,7H2,1-3H3,(H,12,13);;1H. The van der Waals surface area contributed by atoms with E-state index in [1.54, 1.807) is 65.8 Å². The largest absolute Gasteiger partial charge is 0.444 e. The molecule has 3 aromatic heterocycles. The van der Waals surface area contributed by atoms with Crippen molar-refractivity contribution < 1.29 is 77.8 Å². The highest BCUT2D eigenvalue weighted by Gasteiger charge is 2.41. The predicted molar refractivity (Wildman–Crippen MR) is 329 cm³/mol. The first-order chi connectivity index (χ1) is 44.3. The Kier molecular flexibility index (Phi) is 24.6. The molecule has 0 saturated carbocycles. The number of likely N-dealkylation sites (tertiary alicyclic amines) is 2. The maximum Gasteiger partial charge on any atom is 0.416 e. The van der Waals surface area contributed by atoms with Gasteiger partial charge in [-0.3, -0.25) is 29.8 Å². The Bertz CT molecular complexity index is 3610. The molecule has 9 heterocycles. The fourth-order valence-electron chi connectivity index (χ4n) is 12.3. The van der Waals surface area contributed by atoms with Crippen molar-refractivity contribution in [1.29, 1.82) is 0 Å². The van der Waals surface area contributed by atoms with Gasteiger partial charge in [-0.05, 0) is 158 Å². The van der Waals surface area contributed by atoms with Gasteiger partial charge in [-0.2, -0.15) is 64.4 Å². The lowest BCUT2D eigenvalue weighted by atomic mass is 9.86. The molecule has 516 valence electrons. The van der Waals surface area contributed by atoms with Crippen LogP contribution < -0.4 is 10.6 Å². The summed E-state index contributed by atoms with van der Waals surface area (Å²) in [5.74, 6) is -0.836. The summed E-state index contributed by atoms with van der Waals surface area (Å²) in [6.45, 7) is 17.2. The molecule has 0 unspecified atom stereocenters. The average molecular weight is 1360 g/mol. The van der Waals surface area contributed by atoms with E-state index in [0.29, 0.717) is 106 Å². The molecule has 0 aliphatic carbocycles. The van der Waals surface area contributed by atoms with Gasteiger partial charge >= 0.3 is 36.9 Å². The van der Waals surface area contributed by atoms with Crippen molar-refractivity contribution >= 4 is 42.6 Å². The van der Waals surface area contributed by atoms with Crippen molar-refractivity contribution in [1.82, 2.24) is 60.8 Å². The van der Waals surface area contributed by atoms with Crippen molar-refractivity contribution in [3.05, 3.63) is 158 Å². The number of H-pyrrole nitrogens is 3. The summed E-state index contributed by atoms with van der Waals surface area (Å²) in [4.78, 5) is 72.8. The third kappa shape index (κ3) is 19.5. The first-order valence-electron chi connectivity index (χ1n) is 30.9. The topological polar surface area (TPSA) is 244 Å². The number of alkyl halides is 9. The Hall–Kier alpha value is -8.27. The molecule has 0 radical (unpaired) electrons. The van der Waals surface area contributed by atoms with Gasteiger partial charge in [0, 0.05) is 56.9 Å². The number of benzene rings is 3. The van der Waals surface area contributed by atoms with Crippen LogP contribution in [0.3, 0.4) is 0 Å². The highest BCUT2D eigenvalue weighted by atomic mass is 35.5. The summed E-state index contributed by atoms with van der Waals surface area (Å²) < 4.78 is 129. The van der Waals surface area contributed by atoms with E-state index in [2.05, 4.69) is 41.2 Å². The number of aromatic nitrogens is 6. The van der Waals surface area contributed by atoms with Gasteiger partial charge in [-0.25, -0.2) is 9.59 Å². The van der Waals surface area contributed by atoms with Crippen LogP contribution in [0.5, 0.6) is 0 Å². The van der Waals surface area contributed by atoms with Crippen LogP contribution in [0, 0.1) is 0 Å². The molecule has 0 spiro atoms. The Morgan fingerprint density at radius 2 is 0.884 bits per heavy atom. The smallest absolute Gasteiger partial charge is 0.416 e. The molecule has 6 aromatic rings. The van der Waals surface area contributed by atoms with Crippen molar-refractivity contribution in [3.63, 3.8) is 0 Å². The first-order valence-corrected chi connectivity index (χ1v) is 30.9. The van der Waals surface area contributed by atoms with Crippen LogP contribution in [-0.2, 0) is 76.7 Å². The Balaban J connectivity index is 0.000000183. The number of nitrogens with zero attached hydrogens (tertiary/aromatic N) is 7. The lowest BCUT2D eigenvalue weighted by molar-refractivity contribution is -0.191. The second-order valence-corrected chi connectivity index (χ2v) is 25.5. The summed E-state index contributed by atoms with van der Waals surface area (Å²) in [6.07, 6.45) is -7.32. The van der Waals surface area contributed by atoms with Gasteiger partial charge in [0.2, 0.25) is 0 Å². The van der Waals surface area contributed by atoms with Gasteiger partial charge in [0.15, 0.2) is 11.4 Å². The maximum atomic E-state index is 13.4. The van der Waals surface area contributed by atoms with Gasteiger partial charge in [-0.15, -0.1) is 12.4 Å². The number of halogens is 10. The van der Waals surface area contributed by atoms with E-state index in [4.69, 9.17) is 19.1 Å². The van der Waals surface area contributed by atoms with Crippen LogP contribution >= 0.6 is 12.4 Å². The van der Waals surface area contributed by atoms with E-state index in [1.807, 2.05) is 27.0 Å². The molecule has 6 aliphatic heterocycles. The lowest BCUT2D eigenvalue weighted by Gasteiger charge is -2.33. The number of aromatic amines is 3. The van der Waals surface area contributed by atoms with E-state index in [-0.39, 0.29) is 78.6 Å². The highest BCUT2D eigenvalue weighted by Crippen LogP contribution is 2.42. The number of hydrogen-bond donors (Lipinski definition) is 5. The number of piperidine rings is 3. The molecule has 95 heavy (non-hydrogen) atoms. The molecule has 3 aromatic carbocycles. The molecular weight excluding hydrogens is 1280 g/mol. The molecule has 0 atom stereocenters. The van der Waals surface area contributed by atoms with Gasteiger partial charge < -0.3 is 34.8 Å². The Morgan fingerprint density at radius 3 is 1.33 bits per heavy atom. The summed E-state index contributed by atoms with van der Waals surface area (Å²) in [6, 6.07) is 17.3. The van der Waals surface area contributed by atoms with Crippen LogP contribution in [0.4, 0.5) is 49.1 Å². The van der Waals surface area contributed by atoms with Gasteiger partial charge in [0.1, 0.15) is 11.2 Å². The minimum atomic E-state index is -4.40. The second kappa shape index (κ2) is 31.5. The highest BCUT2D eigenvalue weighted by molar-refractivity contribution is 5.95. The van der Waals surface area contributed by atoms with Crippen molar-refractivity contribution in [2.24, 2.45) is 0 Å². The summed E-state index contributed by atoms with van der Waals surface area (Å²) in [5.41, 5.74) is 4.44. The van der Waals surface area contributed by atoms with Crippen molar-refractivity contribution in [3.8, 4) is 0 Å². The molecule has 3 saturated heterocycles. The predicted octanol–water partition coefficient (Wildman–Crippen LogP) is 12.5. The second-order valence-electron chi connectivity index (χ2n) is 25.5. The molecule has 4 amide bonds. The van der Waals surface area contributed by atoms with E-state index in [9.17, 15) is 58.7 Å². The SMILES string of the molecule is CC(C)(C)OC(=O)N1CCc2cn[nH]c2C1.CC(C)(C)OC(=O)N1Cc2[nH]nc(C(=O)N3CCC(c4ccccc4C(F)(F)F)CC3)c2C1.Cl.FC(F)(F)c1ccccc1C1CCNCC1.O=C(c1n[nH]c2c1CNC2)N1CCC(c2ccccc2C(F)(F)F)CC1.O=C=O. The number of nitrogens with one attached hydrogen (secondary N) is 5. The first kappa shape index (κ1) is 74.1. The number of hydrogen-bond acceptors (Lipinski definition) is 13. The molecule has 20 nitrogen and oxygen atoms in total. The minimum Gasteiger partial charge on any atom is -0.444 e. The zero-order chi connectivity index (χ0) is 68.3. The van der Waals surface area contributed by atoms with Gasteiger partial charge in [0.05, 0.1) is 59.6 Å². The zero-order valence-corrected chi connectivity index (χ0v) is 54.2. The summed E-state index contributed by atoms with van der Waals surface area (Å²) in [5, 5.41) is 27.2. The van der Waals surface area contributed by atoms with E-state index in [0.717, 1.165) is 61.4 Å².